The zero-order valence-electron chi connectivity index (χ0n) is 9.46. The van der Waals surface area contributed by atoms with Crippen LogP contribution in [-0.4, -0.2) is 49.6 Å². The van der Waals surface area contributed by atoms with Crippen LogP contribution in [0.3, 0.4) is 0 Å². The summed E-state index contributed by atoms with van der Waals surface area (Å²) >= 11 is 0. The van der Waals surface area contributed by atoms with Crippen LogP contribution in [0.15, 0.2) is 12.7 Å². The van der Waals surface area contributed by atoms with E-state index < -0.39 is 18.2 Å². The number of ether oxygens (including phenoxy) is 4. The van der Waals surface area contributed by atoms with Crippen LogP contribution in [0, 0.1) is 0 Å². The van der Waals surface area contributed by atoms with Gasteiger partial charge in [-0.2, -0.15) is 0 Å². The number of hydrogen-bond acceptors (Lipinski definition) is 6. The molecule has 0 aromatic rings. The van der Waals surface area contributed by atoms with Crippen molar-refractivity contribution >= 4 is 11.9 Å². The van der Waals surface area contributed by atoms with Crippen LogP contribution in [-0.2, 0) is 28.5 Å². The highest BCUT2D eigenvalue weighted by molar-refractivity contribution is 5.81. The van der Waals surface area contributed by atoms with Gasteiger partial charge in [-0.05, 0) is 0 Å². The van der Waals surface area contributed by atoms with Crippen molar-refractivity contribution in [2.45, 2.75) is 31.3 Å². The smallest absolute Gasteiger partial charge is 0.330 e. The minimum absolute atomic E-state index is 0.243. The van der Waals surface area contributed by atoms with Crippen LogP contribution in [0.25, 0.3) is 0 Å². The maximum Gasteiger partial charge on any atom is 0.330 e. The van der Waals surface area contributed by atoms with E-state index in [4.69, 9.17) is 18.9 Å². The topological polar surface area (TPSA) is 71.1 Å². The van der Waals surface area contributed by atoms with E-state index in [1.807, 2.05) is 0 Å². The van der Waals surface area contributed by atoms with Crippen molar-refractivity contribution in [2.24, 2.45) is 0 Å². The van der Waals surface area contributed by atoms with E-state index in [1.165, 1.54) is 6.92 Å². The molecule has 4 atom stereocenters. The average Bonchev–Trinajstić information content (AvgIpc) is 2.83. The zero-order chi connectivity index (χ0) is 12.4. The second-order valence-electron chi connectivity index (χ2n) is 3.92. The first kappa shape index (κ1) is 12.1. The molecule has 0 bridgehead atoms. The van der Waals surface area contributed by atoms with E-state index >= 15 is 0 Å². The van der Waals surface area contributed by atoms with E-state index in [1.54, 1.807) is 0 Å². The van der Waals surface area contributed by atoms with E-state index in [0.29, 0.717) is 0 Å². The minimum atomic E-state index is -0.515. The van der Waals surface area contributed by atoms with E-state index in [9.17, 15) is 9.59 Å². The Hall–Kier alpha value is -1.40. The summed E-state index contributed by atoms with van der Waals surface area (Å²) < 4.78 is 21.0. The molecule has 2 heterocycles. The molecule has 2 rings (SSSR count). The van der Waals surface area contributed by atoms with Gasteiger partial charge in [0, 0.05) is 13.0 Å². The van der Waals surface area contributed by atoms with Crippen LogP contribution >= 0.6 is 0 Å². The molecule has 6 heteroatoms. The van der Waals surface area contributed by atoms with Gasteiger partial charge >= 0.3 is 11.9 Å². The van der Waals surface area contributed by atoms with Gasteiger partial charge in [0.1, 0.15) is 12.2 Å². The number of fused-ring (bicyclic) bond motifs is 1. The lowest BCUT2D eigenvalue weighted by Gasteiger charge is -2.16. The Balaban J connectivity index is 1.94. The molecule has 0 aliphatic carbocycles. The molecule has 6 nitrogen and oxygen atoms in total. The van der Waals surface area contributed by atoms with E-state index in [-0.39, 0.29) is 31.4 Å². The molecule has 2 aliphatic rings. The van der Waals surface area contributed by atoms with Crippen molar-refractivity contribution in [1.82, 2.24) is 0 Å². The Bertz CT molecular complexity index is 339. The lowest BCUT2D eigenvalue weighted by Crippen LogP contribution is -2.35. The Kier molecular flexibility index (Phi) is 3.44. The van der Waals surface area contributed by atoms with Gasteiger partial charge in [0.15, 0.2) is 12.2 Å². The normalized spacial score (nSPS) is 35.1. The number of hydrogen-bond donors (Lipinski definition) is 0. The van der Waals surface area contributed by atoms with Crippen molar-refractivity contribution in [3.63, 3.8) is 0 Å². The fraction of sp³-hybridized carbons (Fsp3) is 0.636. The molecule has 0 aromatic heterocycles. The van der Waals surface area contributed by atoms with Crippen LogP contribution in [0.1, 0.15) is 6.92 Å². The van der Waals surface area contributed by atoms with Crippen LogP contribution in [0.5, 0.6) is 0 Å². The molecule has 0 aromatic carbocycles. The highest BCUT2D eigenvalue weighted by Crippen LogP contribution is 2.30. The Morgan fingerprint density at radius 1 is 1.18 bits per heavy atom. The van der Waals surface area contributed by atoms with Gasteiger partial charge < -0.3 is 18.9 Å². The monoisotopic (exact) mass is 242 g/mol. The molecular formula is C11H14O6. The first-order valence-electron chi connectivity index (χ1n) is 5.35. The number of carbonyl (C=O) groups excluding carboxylic acids is 2. The standard InChI is InChI=1S/C11H14O6/c1-3-9(13)17-8-5-15-10-7(16-6(2)12)4-14-11(8)10/h3,7-8,10-11H,1,4-5H2,2H3/t7-,8+,10-,11-/m1/s1. The summed E-state index contributed by atoms with van der Waals surface area (Å²) in [6.07, 6.45) is -0.535. The number of carbonyl (C=O) groups is 2. The molecular weight excluding hydrogens is 228 g/mol. The van der Waals surface area contributed by atoms with Gasteiger partial charge in [-0.25, -0.2) is 4.79 Å². The summed E-state index contributed by atoms with van der Waals surface area (Å²) in [6.45, 7) is 5.15. The molecule has 0 spiro atoms. The minimum Gasteiger partial charge on any atom is -0.457 e. The summed E-state index contributed by atoms with van der Waals surface area (Å²) in [4.78, 5) is 21.9. The molecule has 94 valence electrons. The summed E-state index contributed by atoms with van der Waals surface area (Å²) in [5.74, 6) is -0.895. The predicted molar refractivity (Wildman–Crippen MR) is 55.1 cm³/mol. The molecule has 17 heavy (non-hydrogen) atoms. The third-order valence-electron chi connectivity index (χ3n) is 2.71. The fourth-order valence-corrected chi connectivity index (χ4v) is 2.04. The first-order valence-corrected chi connectivity index (χ1v) is 5.35. The summed E-state index contributed by atoms with van der Waals surface area (Å²) in [7, 11) is 0. The molecule has 2 aliphatic heterocycles. The van der Waals surface area contributed by atoms with Gasteiger partial charge in [0.2, 0.25) is 0 Å². The third kappa shape index (κ3) is 2.48. The van der Waals surface area contributed by atoms with Crippen molar-refractivity contribution in [2.75, 3.05) is 13.2 Å². The Morgan fingerprint density at radius 2 is 1.71 bits per heavy atom. The first-order chi connectivity index (χ1) is 8.11. The zero-order valence-corrected chi connectivity index (χ0v) is 9.46. The maximum absolute atomic E-state index is 11.1. The molecule has 2 fully saturated rings. The summed E-state index contributed by atoms with van der Waals surface area (Å²) in [6, 6.07) is 0. The van der Waals surface area contributed by atoms with Gasteiger partial charge in [0.05, 0.1) is 13.2 Å². The number of esters is 2. The average molecular weight is 242 g/mol. The van der Waals surface area contributed by atoms with Crippen molar-refractivity contribution in [3.8, 4) is 0 Å². The maximum atomic E-state index is 11.1. The van der Waals surface area contributed by atoms with Crippen molar-refractivity contribution < 1.29 is 28.5 Å². The summed E-state index contributed by atoms with van der Waals surface area (Å²) in [5, 5.41) is 0. The predicted octanol–water partition coefficient (Wildman–Crippen LogP) is -0.187. The second kappa shape index (κ2) is 4.85. The lowest BCUT2D eigenvalue weighted by molar-refractivity contribution is -0.151. The van der Waals surface area contributed by atoms with Crippen LogP contribution in [0.4, 0.5) is 0 Å². The molecule has 0 N–H and O–H groups in total. The molecule has 0 saturated carbocycles. The second-order valence-corrected chi connectivity index (χ2v) is 3.92. The van der Waals surface area contributed by atoms with Gasteiger partial charge in [-0.3, -0.25) is 4.79 Å². The van der Waals surface area contributed by atoms with Gasteiger partial charge in [-0.1, -0.05) is 6.58 Å². The highest BCUT2D eigenvalue weighted by Gasteiger charge is 2.50. The lowest BCUT2D eigenvalue weighted by atomic mass is 10.1. The van der Waals surface area contributed by atoms with Crippen molar-refractivity contribution in [1.29, 1.82) is 0 Å². The Labute approximate surface area is 98.5 Å². The van der Waals surface area contributed by atoms with Crippen molar-refractivity contribution in [3.05, 3.63) is 12.7 Å². The molecule has 0 radical (unpaired) electrons. The van der Waals surface area contributed by atoms with E-state index in [2.05, 4.69) is 6.58 Å². The number of rotatable bonds is 3. The summed E-state index contributed by atoms with van der Waals surface area (Å²) in [5.41, 5.74) is 0. The molecule has 0 amide bonds. The fourth-order valence-electron chi connectivity index (χ4n) is 2.04. The quantitative estimate of drug-likeness (QED) is 0.505. The van der Waals surface area contributed by atoms with Gasteiger partial charge in [0.25, 0.3) is 0 Å². The van der Waals surface area contributed by atoms with E-state index in [0.717, 1.165) is 6.08 Å². The van der Waals surface area contributed by atoms with Crippen LogP contribution < -0.4 is 0 Å². The van der Waals surface area contributed by atoms with Gasteiger partial charge in [-0.15, -0.1) is 0 Å². The molecule has 2 saturated heterocycles. The van der Waals surface area contributed by atoms with Crippen LogP contribution in [0.2, 0.25) is 0 Å². The highest BCUT2D eigenvalue weighted by atomic mass is 16.7. The Morgan fingerprint density at radius 3 is 2.18 bits per heavy atom. The molecule has 0 unspecified atom stereocenters. The SMILES string of the molecule is C=CC(=O)O[C@H]1CO[C@H]2[C@@H]1OC[C@H]2OC(C)=O. The third-order valence-corrected chi connectivity index (χ3v) is 2.71. The largest absolute Gasteiger partial charge is 0.457 e.